The molecule has 0 bridgehead atoms. The third-order valence-electron chi connectivity index (χ3n) is 5.39. The molecule has 0 atom stereocenters. The molecule has 0 aliphatic carbocycles. The van der Waals surface area contributed by atoms with Crippen LogP contribution in [0, 0.1) is 11.6 Å². The van der Waals surface area contributed by atoms with Gasteiger partial charge in [-0.15, -0.1) is 0 Å². The average Bonchev–Trinajstić information content (AvgIpc) is 2.82. The van der Waals surface area contributed by atoms with E-state index in [4.69, 9.17) is 9.84 Å². The van der Waals surface area contributed by atoms with Crippen molar-refractivity contribution < 1.29 is 23.4 Å². The highest BCUT2D eigenvalue weighted by Crippen LogP contribution is 2.28. The first-order valence-electron chi connectivity index (χ1n) is 10.9. The maximum absolute atomic E-state index is 14.8. The van der Waals surface area contributed by atoms with Gasteiger partial charge in [-0.1, -0.05) is 36.4 Å². The highest BCUT2D eigenvalue weighted by atomic mass is 19.1. The van der Waals surface area contributed by atoms with Gasteiger partial charge in [-0.2, -0.15) is 0 Å². The van der Waals surface area contributed by atoms with Crippen LogP contribution < -0.4 is 10.1 Å². The van der Waals surface area contributed by atoms with Crippen LogP contribution in [-0.2, 0) is 17.6 Å². The Kier molecular flexibility index (Phi) is 6.96. The number of anilines is 1. The predicted molar refractivity (Wildman–Crippen MR) is 126 cm³/mol. The molecule has 0 amide bonds. The minimum Gasteiger partial charge on any atom is -0.494 e. The van der Waals surface area contributed by atoms with E-state index in [1.165, 1.54) is 12.4 Å². The Balaban J connectivity index is 1.50. The van der Waals surface area contributed by atoms with Gasteiger partial charge in [0.05, 0.1) is 18.7 Å². The number of rotatable bonds is 9. The maximum Gasteiger partial charge on any atom is 0.307 e. The number of aliphatic carboxylic acids is 1. The van der Waals surface area contributed by atoms with Gasteiger partial charge in [-0.05, 0) is 30.9 Å². The van der Waals surface area contributed by atoms with Crippen LogP contribution in [0.4, 0.5) is 14.6 Å². The molecule has 0 saturated heterocycles. The fourth-order valence-electron chi connectivity index (χ4n) is 3.78. The molecule has 8 heteroatoms. The van der Waals surface area contributed by atoms with E-state index in [1.54, 1.807) is 48.5 Å². The van der Waals surface area contributed by atoms with Crippen molar-refractivity contribution in [2.75, 3.05) is 18.5 Å². The molecule has 174 valence electrons. The zero-order valence-corrected chi connectivity index (χ0v) is 18.5. The van der Waals surface area contributed by atoms with Crippen LogP contribution in [-0.4, -0.2) is 34.2 Å². The number of halogens is 2. The predicted octanol–water partition coefficient (Wildman–Crippen LogP) is 5.26. The number of nitrogens with zero attached hydrogens (tertiary/aromatic N) is 2. The fourth-order valence-corrected chi connectivity index (χ4v) is 3.78. The van der Waals surface area contributed by atoms with Crippen molar-refractivity contribution in [2.45, 2.75) is 19.8 Å². The minimum atomic E-state index is -0.943. The summed E-state index contributed by atoms with van der Waals surface area (Å²) in [5, 5.41) is 13.1. The van der Waals surface area contributed by atoms with E-state index in [0.29, 0.717) is 40.2 Å². The highest BCUT2D eigenvalue weighted by molar-refractivity contribution is 5.84. The van der Waals surface area contributed by atoms with Gasteiger partial charge < -0.3 is 15.2 Å². The zero-order valence-electron chi connectivity index (χ0n) is 18.5. The summed E-state index contributed by atoms with van der Waals surface area (Å²) >= 11 is 0. The Labute approximate surface area is 195 Å². The van der Waals surface area contributed by atoms with Crippen molar-refractivity contribution in [3.63, 3.8) is 0 Å². The van der Waals surface area contributed by atoms with Gasteiger partial charge in [-0.25, -0.2) is 18.7 Å². The lowest BCUT2D eigenvalue weighted by atomic mass is 10.0. The summed E-state index contributed by atoms with van der Waals surface area (Å²) in [5.74, 6) is -1.09. The number of aromatic nitrogens is 2. The second-order valence-corrected chi connectivity index (χ2v) is 7.66. The summed E-state index contributed by atoms with van der Waals surface area (Å²) in [4.78, 5) is 19.6. The zero-order chi connectivity index (χ0) is 24.1. The molecule has 3 aromatic carbocycles. The van der Waals surface area contributed by atoms with E-state index in [9.17, 15) is 13.6 Å². The molecule has 1 heterocycles. The van der Waals surface area contributed by atoms with Crippen LogP contribution in [0.3, 0.4) is 0 Å². The molecule has 0 spiro atoms. The van der Waals surface area contributed by atoms with Crippen LogP contribution in [0.15, 0.2) is 60.9 Å². The van der Waals surface area contributed by atoms with Crippen LogP contribution in [0.25, 0.3) is 22.0 Å². The molecular formula is C26H23F2N3O3. The largest absolute Gasteiger partial charge is 0.494 e. The van der Waals surface area contributed by atoms with E-state index >= 15 is 0 Å². The first-order chi connectivity index (χ1) is 16.5. The van der Waals surface area contributed by atoms with Gasteiger partial charge in [0.15, 0.2) is 0 Å². The van der Waals surface area contributed by atoms with Crippen molar-refractivity contribution in [3.8, 4) is 17.0 Å². The van der Waals surface area contributed by atoms with Crippen molar-refractivity contribution in [3.05, 3.63) is 83.7 Å². The topological polar surface area (TPSA) is 84.3 Å². The molecule has 6 nitrogen and oxygen atoms in total. The number of nitrogens with one attached hydrogen (secondary N) is 1. The molecule has 0 unspecified atom stereocenters. The third-order valence-corrected chi connectivity index (χ3v) is 5.39. The average molecular weight is 463 g/mol. The van der Waals surface area contributed by atoms with Gasteiger partial charge in [0.1, 0.15) is 29.5 Å². The van der Waals surface area contributed by atoms with Crippen molar-refractivity contribution in [1.29, 1.82) is 0 Å². The number of carboxylic acids is 1. The Morgan fingerprint density at radius 3 is 2.71 bits per heavy atom. The van der Waals surface area contributed by atoms with E-state index in [0.717, 1.165) is 5.56 Å². The number of hydrogen-bond donors (Lipinski definition) is 2. The third kappa shape index (κ3) is 5.11. The van der Waals surface area contributed by atoms with Gasteiger partial charge in [0.2, 0.25) is 0 Å². The standard InChI is InChI=1S/C26H23F2N3O3/c1-2-34-23-12-17(7-8-18(23)13-25(32)33)22-14-24(31-15-30-22)29-10-9-20-21(27)11-16-5-3-4-6-19(16)26(20)28/h3-8,11-12,14-15H,2,9-10,13H2,1H3,(H,32,33)(H,29,30,31). The highest BCUT2D eigenvalue weighted by Gasteiger charge is 2.14. The molecule has 4 rings (SSSR count). The number of ether oxygens (including phenoxy) is 1. The Bertz CT molecular complexity index is 1340. The lowest BCUT2D eigenvalue weighted by Crippen LogP contribution is -2.09. The van der Waals surface area contributed by atoms with E-state index < -0.39 is 17.6 Å². The van der Waals surface area contributed by atoms with E-state index in [-0.39, 0.29) is 24.9 Å². The van der Waals surface area contributed by atoms with Crippen molar-refractivity contribution in [2.24, 2.45) is 0 Å². The van der Waals surface area contributed by atoms with Crippen molar-refractivity contribution in [1.82, 2.24) is 9.97 Å². The summed E-state index contributed by atoms with van der Waals surface area (Å²) in [5.41, 5.74) is 1.93. The van der Waals surface area contributed by atoms with Gasteiger partial charge >= 0.3 is 5.97 Å². The quantitative estimate of drug-likeness (QED) is 0.353. The lowest BCUT2D eigenvalue weighted by Gasteiger charge is -2.12. The molecule has 1 aromatic heterocycles. The van der Waals surface area contributed by atoms with Gasteiger partial charge in [0.25, 0.3) is 0 Å². The molecule has 0 saturated carbocycles. The monoisotopic (exact) mass is 463 g/mol. The Hall–Kier alpha value is -4.07. The lowest BCUT2D eigenvalue weighted by molar-refractivity contribution is -0.136. The fraction of sp³-hybridized carbons (Fsp3) is 0.192. The van der Waals surface area contributed by atoms with Gasteiger partial charge in [-0.3, -0.25) is 4.79 Å². The normalized spacial score (nSPS) is 10.9. The Morgan fingerprint density at radius 1 is 1.09 bits per heavy atom. The first kappa shape index (κ1) is 23.1. The van der Waals surface area contributed by atoms with Crippen LogP contribution in [0.2, 0.25) is 0 Å². The van der Waals surface area contributed by atoms with Crippen LogP contribution >= 0.6 is 0 Å². The number of fused-ring (bicyclic) bond motifs is 1. The second kappa shape index (κ2) is 10.2. The molecule has 0 aliphatic heterocycles. The summed E-state index contributed by atoms with van der Waals surface area (Å²) in [6.45, 7) is 2.49. The van der Waals surface area contributed by atoms with Crippen LogP contribution in [0.5, 0.6) is 5.75 Å². The number of carboxylic acid groups (broad SMARTS) is 1. The molecule has 0 fully saturated rings. The van der Waals surface area contributed by atoms with Crippen molar-refractivity contribution >= 4 is 22.6 Å². The first-order valence-corrected chi connectivity index (χ1v) is 10.9. The number of carbonyl (C=O) groups is 1. The van der Waals surface area contributed by atoms with E-state index in [1.807, 2.05) is 6.92 Å². The minimum absolute atomic E-state index is 0.0239. The van der Waals surface area contributed by atoms with Crippen LogP contribution in [0.1, 0.15) is 18.1 Å². The number of hydrogen-bond acceptors (Lipinski definition) is 5. The summed E-state index contributed by atoms with van der Waals surface area (Å²) in [6, 6.07) is 15.1. The molecule has 0 aliphatic rings. The van der Waals surface area contributed by atoms with Gasteiger partial charge in [0, 0.05) is 34.7 Å². The second-order valence-electron chi connectivity index (χ2n) is 7.66. The summed E-state index contributed by atoms with van der Waals surface area (Å²) < 4.78 is 34.9. The molecule has 0 radical (unpaired) electrons. The Morgan fingerprint density at radius 2 is 1.91 bits per heavy atom. The van der Waals surface area contributed by atoms with E-state index in [2.05, 4.69) is 15.3 Å². The molecular weight excluding hydrogens is 440 g/mol. The molecule has 2 N–H and O–H groups in total. The molecule has 4 aromatic rings. The SMILES string of the molecule is CCOc1cc(-c2cc(NCCc3c(F)cc4ccccc4c3F)ncn2)ccc1CC(=O)O. The number of benzene rings is 3. The maximum atomic E-state index is 14.8. The summed E-state index contributed by atoms with van der Waals surface area (Å²) in [6.07, 6.45) is 1.38. The molecule has 34 heavy (non-hydrogen) atoms. The summed E-state index contributed by atoms with van der Waals surface area (Å²) in [7, 11) is 0. The smallest absolute Gasteiger partial charge is 0.307 e.